The van der Waals surface area contributed by atoms with Crippen LogP contribution in [0.15, 0.2) is 150 Å². The van der Waals surface area contributed by atoms with E-state index in [1.54, 1.807) is 6.20 Å². The van der Waals surface area contributed by atoms with Gasteiger partial charge >= 0.3 is 0 Å². The molecule has 6 aromatic carbocycles. The molecular weight excluding hydrogens is 552 g/mol. The zero-order valence-corrected chi connectivity index (χ0v) is 24.1. The summed E-state index contributed by atoms with van der Waals surface area (Å²) < 4.78 is 6.39. The van der Waals surface area contributed by atoms with Crippen LogP contribution in [0.4, 0.5) is 0 Å². The molecule has 0 N–H and O–H groups in total. The maximum absolute atomic E-state index is 6.39. The molecule has 9 rings (SSSR count). The molecule has 5 nitrogen and oxygen atoms in total. The molecular formula is C40H24N4O. The lowest BCUT2D eigenvalue weighted by atomic mass is 9.94. The van der Waals surface area contributed by atoms with Crippen LogP contribution < -0.4 is 0 Å². The number of nitrogens with zero attached hydrogens (tertiary/aromatic N) is 4. The molecule has 0 aliphatic rings. The SMILES string of the molecule is c1ccc(-c2nc(-c3ccc(-c4ccccc4)c4ccccc34)nc(-c3ccnc4oc5c6ccccc6ccc5c34)n2)cc1. The zero-order valence-electron chi connectivity index (χ0n) is 24.1. The fraction of sp³-hybridized carbons (Fsp3) is 0. The van der Waals surface area contributed by atoms with Crippen LogP contribution in [0.25, 0.3) is 88.9 Å². The molecule has 5 heteroatoms. The van der Waals surface area contributed by atoms with Crippen LogP contribution in [0.3, 0.4) is 0 Å². The standard InChI is InChI=1S/C40H24N4O/c1-3-11-25(12-4-1)28-21-22-32(31-18-10-9-17-30(28)31)38-42-37(27-14-5-2-6-15-27)43-39(44-38)34-23-24-41-40-35(34)33-20-19-26-13-7-8-16-29(26)36(33)45-40/h1-24H. The Morgan fingerprint density at radius 1 is 0.400 bits per heavy atom. The molecule has 0 fully saturated rings. The summed E-state index contributed by atoms with van der Waals surface area (Å²) >= 11 is 0. The van der Waals surface area contributed by atoms with Crippen molar-refractivity contribution in [1.29, 1.82) is 0 Å². The van der Waals surface area contributed by atoms with E-state index in [0.717, 1.165) is 54.6 Å². The summed E-state index contributed by atoms with van der Waals surface area (Å²) in [5.41, 5.74) is 6.41. The Labute approximate surface area is 258 Å². The third-order valence-corrected chi connectivity index (χ3v) is 8.42. The first kappa shape index (κ1) is 25.3. The van der Waals surface area contributed by atoms with Gasteiger partial charge in [-0.25, -0.2) is 19.9 Å². The van der Waals surface area contributed by atoms with E-state index in [1.807, 2.05) is 54.6 Å². The van der Waals surface area contributed by atoms with E-state index in [2.05, 4.69) is 89.9 Å². The minimum absolute atomic E-state index is 0.555. The Balaban J connectivity index is 1.32. The van der Waals surface area contributed by atoms with Crippen LogP contribution in [0.1, 0.15) is 0 Å². The van der Waals surface area contributed by atoms with Gasteiger partial charge in [0.05, 0.1) is 5.39 Å². The first-order chi connectivity index (χ1) is 22.3. The second kappa shape index (κ2) is 10.2. The molecule has 0 amide bonds. The van der Waals surface area contributed by atoms with Crippen molar-refractivity contribution in [2.45, 2.75) is 0 Å². The summed E-state index contributed by atoms with van der Waals surface area (Å²) in [4.78, 5) is 19.9. The van der Waals surface area contributed by atoms with Crippen LogP contribution in [-0.2, 0) is 0 Å². The van der Waals surface area contributed by atoms with E-state index in [0.29, 0.717) is 23.2 Å². The molecule has 3 heterocycles. The van der Waals surface area contributed by atoms with Gasteiger partial charge in [0.2, 0.25) is 5.71 Å². The van der Waals surface area contributed by atoms with Crippen LogP contribution in [-0.4, -0.2) is 19.9 Å². The monoisotopic (exact) mass is 576 g/mol. The molecule has 0 saturated heterocycles. The number of aromatic nitrogens is 4. The van der Waals surface area contributed by atoms with Crippen LogP contribution >= 0.6 is 0 Å². The lowest BCUT2D eigenvalue weighted by Crippen LogP contribution is -2.01. The van der Waals surface area contributed by atoms with Crippen molar-refractivity contribution >= 4 is 43.6 Å². The fourth-order valence-electron chi connectivity index (χ4n) is 6.31. The summed E-state index contributed by atoms with van der Waals surface area (Å²) in [6, 6.07) is 47.7. The van der Waals surface area contributed by atoms with Gasteiger partial charge in [-0.1, -0.05) is 121 Å². The molecule has 0 aliphatic carbocycles. The molecule has 0 radical (unpaired) electrons. The largest absolute Gasteiger partial charge is 0.437 e. The van der Waals surface area contributed by atoms with Gasteiger partial charge in [-0.05, 0) is 45.5 Å². The maximum Gasteiger partial charge on any atom is 0.228 e. The van der Waals surface area contributed by atoms with E-state index in [-0.39, 0.29) is 0 Å². The van der Waals surface area contributed by atoms with Crippen LogP contribution in [0.2, 0.25) is 0 Å². The Hall–Kier alpha value is -6.20. The molecule has 0 bridgehead atoms. The molecule has 0 atom stereocenters. The molecule has 0 aliphatic heterocycles. The number of pyridine rings is 1. The van der Waals surface area contributed by atoms with E-state index in [1.165, 1.54) is 11.1 Å². The van der Waals surface area contributed by atoms with Crippen molar-refractivity contribution in [1.82, 2.24) is 19.9 Å². The van der Waals surface area contributed by atoms with Gasteiger partial charge in [0.1, 0.15) is 5.58 Å². The minimum atomic E-state index is 0.555. The van der Waals surface area contributed by atoms with E-state index in [4.69, 9.17) is 19.4 Å². The van der Waals surface area contributed by atoms with Crippen molar-refractivity contribution in [3.8, 4) is 45.3 Å². The number of fused-ring (bicyclic) bond motifs is 6. The summed E-state index contributed by atoms with van der Waals surface area (Å²) in [6.07, 6.45) is 1.76. The summed E-state index contributed by atoms with van der Waals surface area (Å²) in [7, 11) is 0. The first-order valence-electron chi connectivity index (χ1n) is 14.9. The minimum Gasteiger partial charge on any atom is -0.437 e. The predicted molar refractivity (Wildman–Crippen MR) is 182 cm³/mol. The van der Waals surface area contributed by atoms with Crippen LogP contribution in [0, 0.1) is 0 Å². The highest BCUT2D eigenvalue weighted by molar-refractivity contribution is 6.18. The Morgan fingerprint density at radius 2 is 1.00 bits per heavy atom. The predicted octanol–water partition coefficient (Wildman–Crippen LogP) is 10.1. The normalized spacial score (nSPS) is 11.6. The highest BCUT2D eigenvalue weighted by Crippen LogP contribution is 2.39. The molecule has 9 aromatic rings. The lowest BCUT2D eigenvalue weighted by molar-refractivity contribution is 0.657. The second-order valence-electron chi connectivity index (χ2n) is 11.0. The Kier molecular flexibility index (Phi) is 5.74. The van der Waals surface area contributed by atoms with Crippen molar-refractivity contribution in [3.63, 3.8) is 0 Å². The van der Waals surface area contributed by atoms with Gasteiger partial charge in [0.15, 0.2) is 17.5 Å². The smallest absolute Gasteiger partial charge is 0.228 e. The summed E-state index contributed by atoms with van der Waals surface area (Å²) in [6.45, 7) is 0. The molecule has 210 valence electrons. The van der Waals surface area contributed by atoms with Gasteiger partial charge in [0, 0.05) is 33.7 Å². The van der Waals surface area contributed by atoms with E-state index in [9.17, 15) is 0 Å². The highest BCUT2D eigenvalue weighted by atomic mass is 16.3. The van der Waals surface area contributed by atoms with Crippen molar-refractivity contribution in [3.05, 3.63) is 146 Å². The number of hydrogen-bond donors (Lipinski definition) is 0. The topological polar surface area (TPSA) is 64.7 Å². The third kappa shape index (κ3) is 4.17. The molecule has 45 heavy (non-hydrogen) atoms. The van der Waals surface area contributed by atoms with Gasteiger partial charge in [-0.15, -0.1) is 0 Å². The van der Waals surface area contributed by atoms with Gasteiger partial charge in [-0.2, -0.15) is 0 Å². The average Bonchev–Trinajstić information content (AvgIpc) is 3.51. The maximum atomic E-state index is 6.39. The molecule has 3 aromatic heterocycles. The van der Waals surface area contributed by atoms with Crippen molar-refractivity contribution in [2.24, 2.45) is 0 Å². The molecule has 0 saturated carbocycles. The van der Waals surface area contributed by atoms with Gasteiger partial charge in [0.25, 0.3) is 0 Å². The second-order valence-corrected chi connectivity index (χ2v) is 11.0. The highest BCUT2D eigenvalue weighted by Gasteiger charge is 2.20. The van der Waals surface area contributed by atoms with E-state index >= 15 is 0 Å². The van der Waals surface area contributed by atoms with Crippen molar-refractivity contribution < 1.29 is 4.42 Å². The lowest BCUT2D eigenvalue weighted by Gasteiger charge is -2.13. The first-order valence-corrected chi connectivity index (χ1v) is 14.9. The number of benzene rings is 6. The Bertz CT molecular complexity index is 2540. The van der Waals surface area contributed by atoms with Gasteiger partial charge < -0.3 is 4.42 Å². The molecule has 0 unspecified atom stereocenters. The molecule has 0 spiro atoms. The average molecular weight is 577 g/mol. The number of rotatable bonds is 4. The third-order valence-electron chi connectivity index (χ3n) is 8.42. The fourth-order valence-corrected chi connectivity index (χ4v) is 6.31. The zero-order chi connectivity index (χ0) is 29.7. The summed E-state index contributed by atoms with van der Waals surface area (Å²) in [5.74, 6) is 1.78. The quantitative estimate of drug-likeness (QED) is 0.209. The van der Waals surface area contributed by atoms with Crippen molar-refractivity contribution in [2.75, 3.05) is 0 Å². The van der Waals surface area contributed by atoms with E-state index < -0.39 is 0 Å². The number of furan rings is 1. The number of hydrogen-bond acceptors (Lipinski definition) is 5. The van der Waals surface area contributed by atoms with Gasteiger partial charge in [-0.3, -0.25) is 0 Å². The summed E-state index contributed by atoms with van der Waals surface area (Å²) in [5, 5.41) is 6.25. The van der Waals surface area contributed by atoms with Crippen LogP contribution in [0.5, 0.6) is 0 Å². The Morgan fingerprint density at radius 3 is 1.78 bits per heavy atom.